The second-order valence-corrected chi connectivity index (χ2v) is 7.97. The quantitative estimate of drug-likeness (QED) is 0.208. The van der Waals surface area contributed by atoms with Gasteiger partial charge in [-0.2, -0.15) is 0 Å². The fourth-order valence-electron chi connectivity index (χ4n) is 3.98. The Morgan fingerprint density at radius 3 is 2.30 bits per heavy atom. The van der Waals surface area contributed by atoms with E-state index in [2.05, 4.69) is 4.98 Å². The number of carbonyl (C=O) groups is 1. The molecule has 0 aliphatic carbocycles. The number of methoxy groups -OCH3 is 1. The zero-order chi connectivity index (χ0) is 22.9. The van der Waals surface area contributed by atoms with Crippen LogP contribution in [-0.4, -0.2) is 22.6 Å². The zero-order valence-electron chi connectivity index (χ0n) is 17.7. The smallest absolute Gasteiger partial charge is 0.326 e. The van der Waals surface area contributed by atoms with Crippen molar-refractivity contribution >= 4 is 50.3 Å². The highest BCUT2D eigenvalue weighted by atomic mass is 35.5. The number of halogens is 1. The van der Waals surface area contributed by atoms with Crippen LogP contribution >= 0.6 is 11.6 Å². The normalized spacial score (nSPS) is 11.2. The molecule has 33 heavy (non-hydrogen) atoms. The number of esters is 1. The number of nitrogens with zero attached hydrogens (tertiary/aromatic N) is 2. The molecule has 0 amide bonds. The molecule has 0 unspecified atom stereocenters. The molecular formula is C26H19ClN2O4. The van der Waals surface area contributed by atoms with E-state index >= 15 is 0 Å². The first kappa shape index (κ1) is 21.0. The molecule has 164 valence electrons. The highest BCUT2D eigenvalue weighted by Crippen LogP contribution is 2.25. The molecule has 0 spiro atoms. The molecule has 2 aromatic heterocycles. The molecule has 0 bridgehead atoms. The van der Waals surface area contributed by atoms with Crippen LogP contribution in [0.3, 0.4) is 0 Å². The topological polar surface area (TPSA) is 70.4 Å². The minimum atomic E-state index is -0.445. The van der Waals surface area contributed by atoms with E-state index in [1.54, 1.807) is 29.9 Å². The summed E-state index contributed by atoms with van der Waals surface area (Å²) in [6.45, 7) is -0.0557. The van der Waals surface area contributed by atoms with E-state index in [1.165, 1.54) is 0 Å². The van der Waals surface area contributed by atoms with Gasteiger partial charge in [0.1, 0.15) is 24.1 Å². The molecule has 0 aliphatic heterocycles. The van der Waals surface area contributed by atoms with E-state index in [0.717, 1.165) is 5.39 Å². The highest BCUT2D eigenvalue weighted by molar-refractivity contribution is 6.30. The molecule has 2 heterocycles. The maximum atomic E-state index is 12.9. The van der Waals surface area contributed by atoms with Crippen molar-refractivity contribution in [1.82, 2.24) is 9.55 Å². The van der Waals surface area contributed by atoms with E-state index in [1.807, 2.05) is 54.6 Å². The van der Waals surface area contributed by atoms with Crippen LogP contribution in [0, 0.1) is 0 Å². The Balaban J connectivity index is 1.43. The van der Waals surface area contributed by atoms with Crippen LogP contribution in [0.15, 0.2) is 77.6 Å². The van der Waals surface area contributed by atoms with Gasteiger partial charge in [-0.25, -0.2) is 4.98 Å². The fourth-order valence-corrected chi connectivity index (χ4v) is 4.18. The third-order valence-electron chi connectivity index (χ3n) is 5.61. The molecule has 0 saturated heterocycles. The molecule has 0 N–H and O–H groups in total. The summed E-state index contributed by atoms with van der Waals surface area (Å²) < 4.78 is 12.6. The minimum Gasteiger partial charge on any atom is -0.497 e. The van der Waals surface area contributed by atoms with Gasteiger partial charge in [0.2, 0.25) is 0 Å². The summed E-state index contributed by atoms with van der Waals surface area (Å²) in [4.78, 5) is 30.1. The standard InChI is InChI=1S/C26H19ClN2O4/c1-32-18-11-10-16-12-17(26(27)28-21(16)13-18)15-33-24(30)14-29-22-8-4-2-6-19(22)25(31)20-7-3-5-9-23(20)29/h2-13H,14-15H2,1H3. The molecule has 0 atom stereocenters. The third-order valence-corrected chi connectivity index (χ3v) is 5.93. The number of benzene rings is 3. The van der Waals surface area contributed by atoms with Gasteiger partial charge >= 0.3 is 5.97 Å². The van der Waals surface area contributed by atoms with Gasteiger partial charge in [0.25, 0.3) is 0 Å². The summed E-state index contributed by atoms with van der Waals surface area (Å²) in [7, 11) is 1.59. The number of hydrogen-bond donors (Lipinski definition) is 0. The van der Waals surface area contributed by atoms with Crippen LogP contribution in [0.25, 0.3) is 32.7 Å². The van der Waals surface area contributed by atoms with Gasteiger partial charge in [-0.3, -0.25) is 9.59 Å². The van der Waals surface area contributed by atoms with Crippen molar-refractivity contribution in [3.63, 3.8) is 0 Å². The van der Waals surface area contributed by atoms with Gasteiger partial charge in [0.05, 0.1) is 23.7 Å². The Bertz CT molecular complexity index is 1530. The maximum Gasteiger partial charge on any atom is 0.326 e. The lowest BCUT2D eigenvalue weighted by molar-refractivity contribution is -0.145. The molecule has 0 fully saturated rings. The number of ether oxygens (including phenoxy) is 2. The minimum absolute atomic E-state index is 0.0112. The lowest BCUT2D eigenvalue weighted by Crippen LogP contribution is -2.18. The Morgan fingerprint density at radius 1 is 0.970 bits per heavy atom. The molecular weight excluding hydrogens is 440 g/mol. The van der Waals surface area contributed by atoms with Crippen molar-refractivity contribution in [3.05, 3.63) is 93.7 Å². The van der Waals surface area contributed by atoms with Gasteiger partial charge in [0.15, 0.2) is 5.43 Å². The van der Waals surface area contributed by atoms with Crippen molar-refractivity contribution in [1.29, 1.82) is 0 Å². The number of aromatic nitrogens is 2. The Hall–Kier alpha value is -3.90. The fraction of sp³-hybridized carbons (Fsp3) is 0.115. The number of carbonyl (C=O) groups excluding carboxylic acids is 1. The third kappa shape index (κ3) is 3.90. The van der Waals surface area contributed by atoms with Crippen LogP contribution < -0.4 is 10.2 Å². The number of rotatable bonds is 5. The predicted octanol–water partition coefficient (Wildman–Crippen LogP) is 5.11. The van der Waals surface area contributed by atoms with Crippen molar-refractivity contribution in [2.24, 2.45) is 0 Å². The first-order valence-corrected chi connectivity index (χ1v) is 10.7. The maximum absolute atomic E-state index is 12.9. The average Bonchev–Trinajstić information content (AvgIpc) is 2.85. The Labute approximate surface area is 193 Å². The van der Waals surface area contributed by atoms with E-state index in [9.17, 15) is 9.59 Å². The van der Waals surface area contributed by atoms with Crippen LogP contribution in [0.4, 0.5) is 0 Å². The molecule has 0 aliphatic rings. The summed E-state index contributed by atoms with van der Waals surface area (Å²) in [6.07, 6.45) is 0. The van der Waals surface area contributed by atoms with Gasteiger partial charge in [-0.05, 0) is 42.5 Å². The van der Waals surface area contributed by atoms with Gasteiger partial charge in [0, 0.05) is 27.8 Å². The summed E-state index contributed by atoms with van der Waals surface area (Å²) in [6, 6.07) is 21.8. The van der Waals surface area contributed by atoms with Crippen molar-refractivity contribution in [2.75, 3.05) is 7.11 Å². The Morgan fingerprint density at radius 2 is 1.64 bits per heavy atom. The molecule has 0 saturated carbocycles. The second-order valence-electron chi connectivity index (χ2n) is 7.61. The predicted molar refractivity (Wildman–Crippen MR) is 129 cm³/mol. The molecule has 5 rings (SSSR count). The monoisotopic (exact) mass is 458 g/mol. The van der Waals surface area contributed by atoms with E-state index in [0.29, 0.717) is 38.6 Å². The Kier molecular flexibility index (Phi) is 5.44. The number of hydrogen-bond acceptors (Lipinski definition) is 5. The van der Waals surface area contributed by atoms with Crippen molar-refractivity contribution in [2.45, 2.75) is 13.2 Å². The molecule has 0 radical (unpaired) electrons. The largest absolute Gasteiger partial charge is 0.497 e. The SMILES string of the molecule is COc1ccc2cc(COC(=O)Cn3c4ccccc4c(=O)c4ccccc43)c(Cl)nc2c1. The summed E-state index contributed by atoms with van der Waals surface area (Å²) in [5, 5.41) is 2.24. The van der Waals surface area contributed by atoms with Gasteiger partial charge < -0.3 is 14.0 Å². The number of para-hydroxylation sites is 2. The van der Waals surface area contributed by atoms with E-state index in [4.69, 9.17) is 21.1 Å². The number of fused-ring (bicyclic) bond motifs is 3. The first-order valence-electron chi connectivity index (χ1n) is 10.3. The summed E-state index contributed by atoms with van der Waals surface area (Å²) in [5.74, 6) is 0.241. The molecule has 5 aromatic rings. The van der Waals surface area contributed by atoms with Crippen LogP contribution in [0.2, 0.25) is 5.15 Å². The lowest BCUT2D eigenvalue weighted by atomic mass is 10.1. The van der Waals surface area contributed by atoms with E-state index in [-0.39, 0.29) is 23.7 Å². The average molecular weight is 459 g/mol. The first-order chi connectivity index (χ1) is 16.0. The van der Waals surface area contributed by atoms with Gasteiger partial charge in [-0.15, -0.1) is 0 Å². The van der Waals surface area contributed by atoms with Crippen molar-refractivity contribution in [3.8, 4) is 5.75 Å². The molecule has 7 heteroatoms. The van der Waals surface area contributed by atoms with Crippen LogP contribution in [0.5, 0.6) is 5.75 Å². The van der Waals surface area contributed by atoms with Crippen molar-refractivity contribution < 1.29 is 14.3 Å². The number of pyridine rings is 2. The lowest BCUT2D eigenvalue weighted by Gasteiger charge is -2.15. The van der Waals surface area contributed by atoms with Gasteiger partial charge in [-0.1, -0.05) is 35.9 Å². The van der Waals surface area contributed by atoms with Crippen LogP contribution in [0.1, 0.15) is 5.56 Å². The summed E-state index contributed by atoms with van der Waals surface area (Å²) in [5.41, 5.74) is 2.60. The molecule has 6 nitrogen and oxygen atoms in total. The van der Waals surface area contributed by atoms with Crippen LogP contribution in [-0.2, 0) is 22.7 Å². The van der Waals surface area contributed by atoms with E-state index < -0.39 is 5.97 Å². The zero-order valence-corrected chi connectivity index (χ0v) is 18.5. The highest BCUT2D eigenvalue weighted by Gasteiger charge is 2.15. The second kappa shape index (κ2) is 8.56. The summed E-state index contributed by atoms with van der Waals surface area (Å²) >= 11 is 6.33. The molecule has 3 aromatic carbocycles.